The predicted octanol–water partition coefficient (Wildman–Crippen LogP) is 4.06. The number of aromatic nitrogens is 3. The lowest BCUT2D eigenvalue weighted by Crippen LogP contribution is -2.49. The summed E-state index contributed by atoms with van der Waals surface area (Å²) in [7, 11) is 1.86. The summed E-state index contributed by atoms with van der Waals surface area (Å²) < 4.78 is 43.2. The molecule has 0 atom stereocenters. The fraction of sp³-hybridized carbons (Fsp3) is 0.393. The average molecular weight is 570 g/mol. The van der Waals surface area contributed by atoms with Crippen LogP contribution >= 0.6 is 0 Å². The molecular weight excluding hydrogens is 535 g/mol. The van der Waals surface area contributed by atoms with Crippen LogP contribution < -0.4 is 26.2 Å². The normalized spacial score (nSPS) is 16.3. The third-order valence-electron chi connectivity index (χ3n) is 7.59. The summed E-state index contributed by atoms with van der Waals surface area (Å²) in [6.45, 7) is 10.7. The molecule has 3 N–H and O–H groups in total. The van der Waals surface area contributed by atoms with Crippen LogP contribution in [-0.4, -0.2) is 57.8 Å². The number of rotatable bonds is 6. The quantitative estimate of drug-likeness (QED) is 0.410. The molecule has 10 nitrogen and oxygen atoms in total. The number of hydrogen-bond acceptors (Lipinski definition) is 8. The molecule has 0 bridgehead atoms. The zero-order valence-corrected chi connectivity index (χ0v) is 23.7. The van der Waals surface area contributed by atoms with Crippen LogP contribution in [0, 0.1) is 13.8 Å². The Labute approximate surface area is 236 Å². The number of benzene rings is 1. The van der Waals surface area contributed by atoms with Crippen molar-refractivity contribution in [2.75, 3.05) is 41.4 Å². The Hall–Kier alpha value is -4.10. The maximum absolute atomic E-state index is 13.8. The van der Waals surface area contributed by atoms with Crippen molar-refractivity contribution in [3.8, 4) is 0 Å². The molecule has 1 aromatic carbocycles. The van der Waals surface area contributed by atoms with E-state index in [1.54, 1.807) is 34.9 Å². The van der Waals surface area contributed by atoms with Crippen molar-refractivity contribution in [2.24, 2.45) is 7.05 Å². The second-order valence-corrected chi connectivity index (χ2v) is 10.6. The molecule has 0 unspecified atom stereocenters. The van der Waals surface area contributed by atoms with Crippen molar-refractivity contribution in [1.29, 1.82) is 0 Å². The van der Waals surface area contributed by atoms with Crippen LogP contribution in [0.1, 0.15) is 46.7 Å². The third-order valence-corrected chi connectivity index (χ3v) is 7.59. The van der Waals surface area contributed by atoms with Gasteiger partial charge in [-0.3, -0.25) is 24.4 Å². The highest BCUT2D eigenvalue weighted by Gasteiger charge is 2.32. The molecule has 1 fully saturated rings. The van der Waals surface area contributed by atoms with Gasteiger partial charge in [-0.1, -0.05) is 0 Å². The molecule has 1 saturated heterocycles. The van der Waals surface area contributed by atoms with E-state index in [2.05, 4.69) is 45.1 Å². The number of nitrogens with zero attached hydrogens (tertiary/aromatic N) is 6. The topological polar surface area (TPSA) is 93.6 Å². The first-order chi connectivity index (χ1) is 19.4. The van der Waals surface area contributed by atoms with Gasteiger partial charge in [0, 0.05) is 74.3 Å². The van der Waals surface area contributed by atoms with E-state index >= 15 is 0 Å². The molecule has 0 radical (unpaired) electrons. The van der Waals surface area contributed by atoms with Gasteiger partial charge in [-0.05, 0) is 52.0 Å². The number of pyridine rings is 1. The average Bonchev–Trinajstić information content (AvgIpc) is 3.54. The Morgan fingerprint density at radius 3 is 2.41 bits per heavy atom. The van der Waals surface area contributed by atoms with E-state index in [-0.39, 0.29) is 11.3 Å². The number of hydrazine groups is 2. The van der Waals surface area contributed by atoms with Crippen LogP contribution in [0.3, 0.4) is 0 Å². The summed E-state index contributed by atoms with van der Waals surface area (Å²) >= 11 is 0. The number of nitrogens with one attached hydrogen (secondary N) is 3. The predicted molar refractivity (Wildman–Crippen MR) is 152 cm³/mol. The number of alkyl halides is 3. The number of carbonyl (C=O) groups excluding carboxylic acids is 1. The number of amides is 1. The van der Waals surface area contributed by atoms with E-state index < -0.39 is 17.6 Å². The van der Waals surface area contributed by atoms with E-state index in [0.717, 1.165) is 42.2 Å². The number of carbonyl (C=O) groups is 1. The number of hydrogen-bond donors (Lipinski definition) is 3. The smallest absolute Gasteiger partial charge is 0.369 e. The lowest BCUT2D eigenvalue weighted by Gasteiger charge is -2.38. The Balaban J connectivity index is 1.38. The largest absolute Gasteiger partial charge is 0.416 e. The standard InChI is InChI=1S/C28H34F3N9O/c1-17(2)38-6-8-39(9-7-38)23-12-21(28(29,30)31)11-22(13-23)34-27(41)20-10-26(18(3)32-14-20)40-16-25(35-36-40)24-15-33-37(5)19(24)4/h10-17,35-36H,6-9H2,1-5H3,(H,34,41). The number of anilines is 3. The first-order valence-corrected chi connectivity index (χ1v) is 13.4. The van der Waals surface area contributed by atoms with Gasteiger partial charge in [0.15, 0.2) is 0 Å². The summed E-state index contributed by atoms with van der Waals surface area (Å²) in [6.07, 6.45) is 0.432. The van der Waals surface area contributed by atoms with Crippen LogP contribution in [0.4, 0.5) is 30.2 Å². The van der Waals surface area contributed by atoms with Crippen LogP contribution in [0.5, 0.6) is 0 Å². The summed E-state index contributed by atoms with van der Waals surface area (Å²) in [5, 5.41) is 8.63. The molecule has 2 aromatic heterocycles. The maximum atomic E-state index is 13.8. The molecule has 41 heavy (non-hydrogen) atoms. The molecule has 0 saturated carbocycles. The van der Waals surface area contributed by atoms with E-state index in [9.17, 15) is 18.0 Å². The van der Waals surface area contributed by atoms with E-state index in [1.807, 2.05) is 25.1 Å². The Morgan fingerprint density at radius 2 is 1.78 bits per heavy atom. The molecule has 2 aliphatic rings. The molecule has 5 rings (SSSR count). The zero-order valence-electron chi connectivity index (χ0n) is 23.7. The molecule has 218 valence electrons. The summed E-state index contributed by atoms with van der Waals surface area (Å²) in [6, 6.07) is 5.71. The summed E-state index contributed by atoms with van der Waals surface area (Å²) in [5.74, 6) is -0.562. The minimum Gasteiger partial charge on any atom is -0.369 e. The Morgan fingerprint density at radius 1 is 1.05 bits per heavy atom. The molecular formula is C28H34F3N9O. The monoisotopic (exact) mass is 569 g/mol. The molecule has 0 aliphatic carbocycles. The Kier molecular flexibility index (Phi) is 7.66. The molecule has 2 aliphatic heterocycles. The van der Waals surface area contributed by atoms with Gasteiger partial charge in [0.1, 0.15) is 0 Å². The van der Waals surface area contributed by atoms with Gasteiger partial charge in [-0.25, -0.2) is 0 Å². The van der Waals surface area contributed by atoms with Crippen molar-refractivity contribution < 1.29 is 18.0 Å². The van der Waals surface area contributed by atoms with Gasteiger partial charge < -0.3 is 15.6 Å². The van der Waals surface area contributed by atoms with Crippen molar-refractivity contribution in [2.45, 2.75) is 39.9 Å². The van der Waals surface area contributed by atoms with Gasteiger partial charge in [-0.2, -0.15) is 18.3 Å². The zero-order chi connectivity index (χ0) is 29.5. The minimum absolute atomic E-state index is 0.0726. The molecule has 0 spiro atoms. The number of halogens is 3. The third kappa shape index (κ3) is 6.00. The van der Waals surface area contributed by atoms with Gasteiger partial charge in [-0.15, -0.1) is 5.53 Å². The Bertz CT molecular complexity index is 1470. The van der Waals surface area contributed by atoms with Gasteiger partial charge >= 0.3 is 6.18 Å². The van der Waals surface area contributed by atoms with Gasteiger partial charge in [0.25, 0.3) is 5.91 Å². The van der Waals surface area contributed by atoms with Gasteiger partial charge in [0.2, 0.25) is 0 Å². The second-order valence-electron chi connectivity index (χ2n) is 10.6. The van der Waals surface area contributed by atoms with Crippen LogP contribution in [0.2, 0.25) is 0 Å². The van der Waals surface area contributed by atoms with Crippen molar-refractivity contribution in [3.63, 3.8) is 0 Å². The first kappa shape index (κ1) is 28.4. The fourth-order valence-electron chi connectivity index (χ4n) is 4.96. The minimum atomic E-state index is -4.56. The van der Waals surface area contributed by atoms with Crippen LogP contribution in [0.15, 0.2) is 42.9 Å². The fourth-order valence-corrected chi connectivity index (χ4v) is 4.96. The molecule has 4 heterocycles. The van der Waals surface area contributed by atoms with Crippen molar-refractivity contribution >= 4 is 28.7 Å². The lowest BCUT2D eigenvalue weighted by atomic mass is 10.1. The first-order valence-electron chi connectivity index (χ1n) is 13.4. The molecule has 1 amide bonds. The van der Waals surface area contributed by atoms with Crippen molar-refractivity contribution in [1.82, 2.24) is 30.6 Å². The van der Waals surface area contributed by atoms with Gasteiger partial charge in [0.05, 0.1) is 34.4 Å². The van der Waals surface area contributed by atoms with Crippen LogP contribution in [0.25, 0.3) is 5.70 Å². The summed E-state index contributed by atoms with van der Waals surface area (Å²) in [5.41, 5.74) is 9.96. The van der Waals surface area contributed by atoms with Crippen LogP contribution in [-0.2, 0) is 13.2 Å². The molecule has 3 aromatic rings. The van der Waals surface area contributed by atoms with E-state index in [1.165, 1.54) is 6.20 Å². The highest BCUT2D eigenvalue weighted by molar-refractivity contribution is 6.05. The highest BCUT2D eigenvalue weighted by Crippen LogP contribution is 2.35. The van der Waals surface area contributed by atoms with Crippen molar-refractivity contribution in [3.05, 3.63) is 70.9 Å². The van der Waals surface area contributed by atoms with E-state index in [0.29, 0.717) is 36.2 Å². The molecule has 13 heteroatoms. The number of piperazine rings is 1. The van der Waals surface area contributed by atoms with E-state index in [4.69, 9.17) is 0 Å². The SMILES string of the molecule is Cc1ncc(C(=O)Nc2cc(N3CCN(C(C)C)CC3)cc(C(F)(F)F)c2)cc1N1C=C(c2cnn(C)c2C)NN1. The number of aryl methyl sites for hydroxylation is 2. The summed E-state index contributed by atoms with van der Waals surface area (Å²) in [4.78, 5) is 21.8. The second kappa shape index (κ2) is 11.1. The lowest BCUT2D eigenvalue weighted by molar-refractivity contribution is -0.137. The maximum Gasteiger partial charge on any atom is 0.416 e. The highest BCUT2D eigenvalue weighted by atomic mass is 19.4.